The number of ether oxygens (including phenoxy) is 1. The molecule has 0 amide bonds. The summed E-state index contributed by atoms with van der Waals surface area (Å²) in [7, 11) is 2.09. The summed E-state index contributed by atoms with van der Waals surface area (Å²) in [6.07, 6.45) is 8.65. The molecular formula is C18H26ClNO. The van der Waals surface area contributed by atoms with Gasteiger partial charge in [0.15, 0.2) is 0 Å². The second-order valence-corrected chi connectivity index (χ2v) is 7.16. The first-order valence-corrected chi connectivity index (χ1v) is 8.64. The Balaban J connectivity index is 1.67. The molecule has 1 heterocycles. The van der Waals surface area contributed by atoms with Crippen molar-refractivity contribution in [3.63, 3.8) is 0 Å². The van der Waals surface area contributed by atoms with E-state index in [0.29, 0.717) is 12.0 Å². The number of nitrogens with one attached hydrogen (secondary N) is 1. The van der Waals surface area contributed by atoms with Crippen LogP contribution in [-0.4, -0.2) is 25.3 Å². The van der Waals surface area contributed by atoms with Gasteiger partial charge in [-0.2, -0.15) is 0 Å². The third-order valence-electron chi connectivity index (χ3n) is 5.33. The molecule has 21 heavy (non-hydrogen) atoms. The lowest BCUT2D eigenvalue weighted by Gasteiger charge is -2.41. The van der Waals surface area contributed by atoms with Gasteiger partial charge in [-0.25, -0.2) is 0 Å². The van der Waals surface area contributed by atoms with Crippen LogP contribution in [0.25, 0.3) is 0 Å². The number of benzene rings is 1. The van der Waals surface area contributed by atoms with E-state index in [1.54, 1.807) is 0 Å². The molecule has 1 aliphatic carbocycles. The lowest BCUT2D eigenvalue weighted by molar-refractivity contribution is -0.0975. The number of hydrogen-bond acceptors (Lipinski definition) is 2. The minimum absolute atomic E-state index is 0.201. The van der Waals surface area contributed by atoms with Crippen LogP contribution >= 0.6 is 11.6 Å². The normalized spacial score (nSPS) is 26.1. The lowest BCUT2D eigenvalue weighted by atomic mass is 9.79. The van der Waals surface area contributed by atoms with Gasteiger partial charge in [-0.1, -0.05) is 36.6 Å². The van der Waals surface area contributed by atoms with E-state index in [0.717, 1.165) is 18.1 Å². The zero-order valence-electron chi connectivity index (χ0n) is 12.9. The Labute approximate surface area is 133 Å². The Kier molecular flexibility index (Phi) is 4.88. The van der Waals surface area contributed by atoms with Crippen LogP contribution in [0.1, 0.15) is 44.1 Å². The summed E-state index contributed by atoms with van der Waals surface area (Å²) in [6, 6.07) is 8.79. The molecule has 1 N–H and O–H groups in total. The number of rotatable bonds is 4. The van der Waals surface area contributed by atoms with Crippen LogP contribution in [0.4, 0.5) is 0 Å². The molecule has 2 unspecified atom stereocenters. The third-order valence-corrected chi connectivity index (χ3v) is 5.57. The number of likely N-dealkylation sites (N-methyl/N-ethyl adjacent to an activating group) is 1. The molecule has 1 aromatic carbocycles. The lowest BCUT2D eigenvalue weighted by Crippen LogP contribution is -2.45. The van der Waals surface area contributed by atoms with Crippen LogP contribution in [0.2, 0.25) is 5.02 Å². The van der Waals surface area contributed by atoms with Gasteiger partial charge in [0.25, 0.3) is 0 Å². The molecule has 0 bridgehead atoms. The zero-order chi connectivity index (χ0) is 14.7. The SMILES string of the molecule is CNC(Cc1cccc(Cl)c1)C1CCOC2(CCCC2)C1. The molecule has 1 spiro atoms. The molecule has 1 saturated heterocycles. The van der Waals surface area contributed by atoms with Crippen LogP contribution in [0.15, 0.2) is 24.3 Å². The van der Waals surface area contributed by atoms with E-state index in [4.69, 9.17) is 16.3 Å². The second-order valence-electron chi connectivity index (χ2n) is 6.72. The van der Waals surface area contributed by atoms with Crippen molar-refractivity contribution >= 4 is 11.6 Å². The first-order chi connectivity index (χ1) is 10.2. The van der Waals surface area contributed by atoms with E-state index in [2.05, 4.69) is 24.5 Å². The maximum absolute atomic E-state index is 6.17. The van der Waals surface area contributed by atoms with Crippen molar-refractivity contribution in [2.75, 3.05) is 13.7 Å². The molecule has 0 aromatic heterocycles. The zero-order valence-corrected chi connectivity index (χ0v) is 13.7. The van der Waals surface area contributed by atoms with Gasteiger partial charge in [0, 0.05) is 17.7 Å². The first-order valence-electron chi connectivity index (χ1n) is 8.26. The Morgan fingerprint density at radius 1 is 1.38 bits per heavy atom. The largest absolute Gasteiger partial charge is 0.375 e. The summed E-state index contributed by atoms with van der Waals surface area (Å²) in [5.74, 6) is 0.709. The predicted octanol–water partition coefficient (Wildman–Crippen LogP) is 4.21. The minimum atomic E-state index is 0.201. The molecule has 1 aliphatic heterocycles. The molecule has 116 valence electrons. The molecular weight excluding hydrogens is 282 g/mol. The highest BCUT2D eigenvalue weighted by atomic mass is 35.5. The van der Waals surface area contributed by atoms with Gasteiger partial charge in [-0.05, 0) is 62.8 Å². The Bertz CT molecular complexity index is 470. The van der Waals surface area contributed by atoms with Gasteiger partial charge in [-0.3, -0.25) is 0 Å². The van der Waals surface area contributed by atoms with Crippen LogP contribution in [0, 0.1) is 5.92 Å². The summed E-state index contributed by atoms with van der Waals surface area (Å²) in [4.78, 5) is 0. The summed E-state index contributed by atoms with van der Waals surface area (Å²) in [5, 5.41) is 4.38. The molecule has 3 heteroatoms. The topological polar surface area (TPSA) is 21.3 Å². The predicted molar refractivity (Wildman–Crippen MR) is 87.9 cm³/mol. The van der Waals surface area contributed by atoms with E-state index < -0.39 is 0 Å². The van der Waals surface area contributed by atoms with E-state index in [9.17, 15) is 0 Å². The molecule has 0 radical (unpaired) electrons. The second kappa shape index (κ2) is 6.68. The van der Waals surface area contributed by atoms with Crippen LogP contribution < -0.4 is 5.32 Å². The Morgan fingerprint density at radius 3 is 2.90 bits per heavy atom. The summed E-state index contributed by atoms with van der Waals surface area (Å²) in [6.45, 7) is 0.929. The third kappa shape index (κ3) is 3.61. The molecule has 2 nitrogen and oxygen atoms in total. The molecule has 1 saturated carbocycles. The number of hydrogen-bond donors (Lipinski definition) is 1. The fraction of sp³-hybridized carbons (Fsp3) is 0.667. The van der Waals surface area contributed by atoms with Gasteiger partial charge in [0.2, 0.25) is 0 Å². The van der Waals surface area contributed by atoms with Crippen LogP contribution in [0.3, 0.4) is 0 Å². The van der Waals surface area contributed by atoms with Crippen LogP contribution in [0.5, 0.6) is 0 Å². The molecule has 1 aromatic rings. The summed E-state index contributed by atoms with van der Waals surface area (Å²) < 4.78 is 6.17. The van der Waals surface area contributed by atoms with Crippen molar-refractivity contribution < 1.29 is 4.74 Å². The fourth-order valence-electron chi connectivity index (χ4n) is 4.20. The smallest absolute Gasteiger partial charge is 0.0685 e. The average Bonchev–Trinajstić information content (AvgIpc) is 2.92. The molecule has 3 rings (SSSR count). The van der Waals surface area contributed by atoms with Gasteiger partial charge in [0.1, 0.15) is 0 Å². The highest BCUT2D eigenvalue weighted by Crippen LogP contribution is 2.43. The average molecular weight is 308 g/mol. The van der Waals surface area contributed by atoms with E-state index in [1.165, 1.54) is 44.1 Å². The maximum Gasteiger partial charge on any atom is 0.0685 e. The van der Waals surface area contributed by atoms with Gasteiger partial charge >= 0.3 is 0 Å². The quantitative estimate of drug-likeness (QED) is 0.899. The fourth-order valence-corrected chi connectivity index (χ4v) is 4.41. The van der Waals surface area contributed by atoms with E-state index in [1.807, 2.05) is 12.1 Å². The first kappa shape index (κ1) is 15.3. The van der Waals surface area contributed by atoms with Crippen molar-refractivity contribution in [3.05, 3.63) is 34.9 Å². The van der Waals surface area contributed by atoms with E-state index in [-0.39, 0.29) is 5.60 Å². The number of halogens is 1. The molecule has 2 fully saturated rings. The summed E-state index contributed by atoms with van der Waals surface area (Å²) >= 11 is 6.12. The van der Waals surface area contributed by atoms with Crippen molar-refractivity contribution in [1.82, 2.24) is 5.32 Å². The Hall–Kier alpha value is -0.570. The van der Waals surface area contributed by atoms with Gasteiger partial charge < -0.3 is 10.1 Å². The van der Waals surface area contributed by atoms with Crippen molar-refractivity contribution in [2.24, 2.45) is 5.92 Å². The standard InChI is InChI=1S/C18H26ClNO/c1-20-17(12-14-5-4-6-16(19)11-14)15-7-10-21-18(13-15)8-2-3-9-18/h4-6,11,15,17,20H,2-3,7-10,12-13H2,1H3. The van der Waals surface area contributed by atoms with Crippen molar-refractivity contribution in [3.8, 4) is 0 Å². The molecule has 2 aliphatic rings. The molecule has 2 atom stereocenters. The van der Waals surface area contributed by atoms with Crippen molar-refractivity contribution in [1.29, 1.82) is 0 Å². The Morgan fingerprint density at radius 2 is 2.19 bits per heavy atom. The van der Waals surface area contributed by atoms with Crippen molar-refractivity contribution in [2.45, 2.75) is 56.6 Å². The van der Waals surface area contributed by atoms with Gasteiger partial charge in [-0.15, -0.1) is 0 Å². The maximum atomic E-state index is 6.17. The summed E-state index contributed by atoms with van der Waals surface area (Å²) in [5.41, 5.74) is 1.53. The highest BCUT2D eigenvalue weighted by molar-refractivity contribution is 6.30. The minimum Gasteiger partial charge on any atom is -0.375 e. The van der Waals surface area contributed by atoms with E-state index >= 15 is 0 Å². The van der Waals surface area contributed by atoms with Gasteiger partial charge in [0.05, 0.1) is 5.60 Å². The monoisotopic (exact) mass is 307 g/mol. The highest BCUT2D eigenvalue weighted by Gasteiger charge is 2.41. The van der Waals surface area contributed by atoms with Crippen LogP contribution in [-0.2, 0) is 11.2 Å².